The van der Waals surface area contributed by atoms with Gasteiger partial charge in [0.2, 0.25) is 0 Å². The SMILES string of the molecule is Fc1ccc(-n2cccn2)c(F)c1. The van der Waals surface area contributed by atoms with Crippen LogP contribution in [0.1, 0.15) is 0 Å². The molecule has 0 atom stereocenters. The van der Waals surface area contributed by atoms with Gasteiger partial charge in [-0.05, 0) is 18.2 Å². The summed E-state index contributed by atoms with van der Waals surface area (Å²) in [7, 11) is 0. The zero-order valence-corrected chi connectivity index (χ0v) is 6.61. The molecule has 1 aromatic heterocycles. The normalized spacial score (nSPS) is 10.3. The zero-order valence-electron chi connectivity index (χ0n) is 6.61. The molecule has 0 aliphatic carbocycles. The summed E-state index contributed by atoms with van der Waals surface area (Å²) in [6.07, 6.45) is 3.12. The number of halogens is 2. The molecule has 0 fully saturated rings. The number of benzene rings is 1. The molecular formula is C9H6F2N2. The molecule has 1 aromatic carbocycles. The molecule has 4 heteroatoms. The fourth-order valence-corrected chi connectivity index (χ4v) is 1.08. The number of rotatable bonds is 1. The van der Waals surface area contributed by atoms with Crippen LogP contribution in [-0.4, -0.2) is 9.78 Å². The molecule has 0 amide bonds. The molecule has 0 radical (unpaired) electrons. The van der Waals surface area contributed by atoms with Gasteiger partial charge < -0.3 is 0 Å². The first-order valence-corrected chi connectivity index (χ1v) is 3.72. The van der Waals surface area contributed by atoms with Gasteiger partial charge in [-0.15, -0.1) is 0 Å². The minimum Gasteiger partial charge on any atom is -0.238 e. The highest BCUT2D eigenvalue weighted by Gasteiger charge is 2.04. The highest BCUT2D eigenvalue weighted by atomic mass is 19.1. The summed E-state index contributed by atoms with van der Waals surface area (Å²) in [6, 6.07) is 5.04. The number of hydrogen-bond acceptors (Lipinski definition) is 1. The molecule has 2 rings (SSSR count). The van der Waals surface area contributed by atoms with E-state index in [1.807, 2.05) is 0 Å². The number of nitrogens with zero attached hydrogens (tertiary/aromatic N) is 2. The Bertz CT molecular complexity index is 410. The quantitative estimate of drug-likeness (QED) is 0.657. The van der Waals surface area contributed by atoms with Crippen molar-refractivity contribution in [2.45, 2.75) is 0 Å². The van der Waals surface area contributed by atoms with E-state index >= 15 is 0 Å². The lowest BCUT2D eigenvalue weighted by molar-refractivity contribution is 0.573. The van der Waals surface area contributed by atoms with Crippen molar-refractivity contribution in [1.29, 1.82) is 0 Å². The molecule has 2 aromatic rings. The summed E-state index contributed by atoms with van der Waals surface area (Å²) in [5.41, 5.74) is 0.242. The summed E-state index contributed by atoms with van der Waals surface area (Å²) in [4.78, 5) is 0. The van der Waals surface area contributed by atoms with Crippen molar-refractivity contribution in [1.82, 2.24) is 9.78 Å². The second-order valence-electron chi connectivity index (χ2n) is 2.55. The Morgan fingerprint density at radius 3 is 2.69 bits per heavy atom. The van der Waals surface area contributed by atoms with Gasteiger partial charge in [0.15, 0.2) is 5.82 Å². The molecule has 0 aliphatic heterocycles. The van der Waals surface area contributed by atoms with E-state index in [1.165, 1.54) is 23.0 Å². The van der Waals surface area contributed by atoms with Crippen molar-refractivity contribution in [3.05, 3.63) is 48.3 Å². The molecule has 0 bridgehead atoms. The third-order valence-electron chi connectivity index (χ3n) is 1.66. The van der Waals surface area contributed by atoms with Gasteiger partial charge in [-0.3, -0.25) is 0 Å². The lowest BCUT2D eigenvalue weighted by atomic mass is 10.3. The summed E-state index contributed by atoms with van der Waals surface area (Å²) in [6.45, 7) is 0. The van der Waals surface area contributed by atoms with E-state index in [-0.39, 0.29) is 5.69 Å². The molecule has 0 aliphatic rings. The van der Waals surface area contributed by atoms with Crippen LogP contribution in [0, 0.1) is 11.6 Å². The maximum atomic E-state index is 13.1. The largest absolute Gasteiger partial charge is 0.238 e. The highest BCUT2D eigenvalue weighted by molar-refractivity contribution is 5.32. The lowest BCUT2D eigenvalue weighted by Gasteiger charge is -2.01. The summed E-state index contributed by atoms with van der Waals surface area (Å²) < 4.78 is 27.0. The van der Waals surface area contributed by atoms with E-state index in [4.69, 9.17) is 0 Å². The number of aromatic nitrogens is 2. The van der Waals surface area contributed by atoms with Crippen LogP contribution < -0.4 is 0 Å². The Kier molecular flexibility index (Phi) is 1.81. The molecule has 66 valence electrons. The van der Waals surface area contributed by atoms with Crippen molar-refractivity contribution in [3.63, 3.8) is 0 Å². The van der Waals surface area contributed by atoms with E-state index in [9.17, 15) is 8.78 Å². The summed E-state index contributed by atoms with van der Waals surface area (Å²) in [5, 5.41) is 3.83. The minimum atomic E-state index is -0.622. The van der Waals surface area contributed by atoms with Gasteiger partial charge in [-0.1, -0.05) is 0 Å². The first kappa shape index (κ1) is 7.91. The van der Waals surface area contributed by atoms with E-state index < -0.39 is 11.6 Å². The van der Waals surface area contributed by atoms with Crippen LogP contribution in [0.5, 0.6) is 0 Å². The minimum absolute atomic E-state index is 0.242. The average molecular weight is 180 g/mol. The fourth-order valence-electron chi connectivity index (χ4n) is 1.08. The Morgan fingerprint density at radius 2 is 2.08 bits per heavy atom. The van der Waals surface area contributed by atoms with Crippen molar-refractivity contribution < 1.29 is 8.78 Å². The molecule has 0 saturated carbocycles. The summed E-state index contributed by atoms with van der Waals surface area (Å²) >= 11 is 0. The molecule has 0 saturated heterocycles. The maximum absolute atomic E-state index is 13.1. The van der Waals surface area contributed by atoms with Gasteiger partial charge in [0.25, 0.3) is 0 Å². The molecule has 2 nitrogen and oxygen atoms in total. The molecule has 13 heavy (non-hydrogen) atoms. The van der Waals surface area contributed by atoms with Crippen LogP contribution in [0.2, 0.25) is 0 Å². The van der Waals surface area contributed by atoms with Gasteiger partial charge in [0.05, 0.1) is 0 Å². The Morgan fingerprint density at radius 1 is 1.23 bits per heavy atom. The predicted molar refractivity (Wildman–Crippen MR) is 43.5 cm³/mol. The van der Waals surface area contributed by atoms with Gasteiger partial charge in [0, 0.05) is 18.5 Å². The topological polar surface area (TPSA) is 17.8 Å². The van der Waals surface area contributed by atoms with Gasteiger partial charge in [-0.2, -0.15) is 5.10 Å². The second kappa shape index (κ2) is 2.97. The van der Waals surface area contributed by atoms with Gasteiger partial charge in [0.1, 0.15) is 11.5 Å². The van der Waals surface area contributed by atoms with Crippen LogP contribution in [0.15, 0.2) is 36.7 Å². The summed E-state index contributed by atoms with van der Waals surface area (Å²) in [5.74, 6) is -1.21. The lowest BCUT2D eigenvalue weighted by Crippen LogP contribution is -1.98. The Balaban J connectivity index is 2.53. The van der Waals surface area contributed by atoms with Crippen LogP contribution in [-0.2, 0) is 0 Å². The Labute approximate surface area is 73.4 Å². The van der Waals surface area contributed by atoms with E-state index in [2.05, 4.69) is 5.10 Å². The highest BCUT2D eigenvalue weighted by Crippen LogP contribution is 2.12. The Hall–Kier alpha value is -1.71. The van der Waals surface area contributed by atoms with Crippen LogP contribution >= 0.6 is 0 Å². The van der Waals surface area contributed by atoms with E-state index in [0.29, 0.717) is 0 Å². The third-order valence-corrected chi connectivity index (χ3v) is 1.66. The van der Waals surface area contributed by atoms with E-state index in [1.54, 1.807) is 12.3 Å². The fraction of sp³-hybridized carbons (Fsp3) is 0. The standard InChI is InChI=1S/C9H6F2N2/c10-7-2-3-9(8(11)6-7)13-5-1-4-12-13/h1-6H. The molecule has 1 heterocycles. The first-order chi connectivity index (χ1) is 6.27. The second-order valence-corrected chi connectivity index (χ2v) is 2.55. The smallest absolute Gasteiger partial charge is 0.151 e. The van der Waals surface area contributed by atoms with Crippen molar-refractivity contribution in [3.8, 4) is 5.69 Å². The van der Waals surface area contributed by atoms with Crippen molar-refractivity contribution in [2.75, 3.05) is 0 Å². The van der Waals surface area contributed by atoms with E-state index in [0.717, 1.165) is 6.07 Å². The maximum Gasteiger partial charge on any atom is 0.151 e. The third kappa shape index (κ3) is 1.42. The number of hydrogen-bond donors (Lipinski definition) is 0. The molecule has 0 N–H and O–H groups in total. The molecule has 0 spiro atoms. The molecular weight excluding hydrogens is 174 g/mol. The van der Waals surface area contributed by atoms with Gasteiger partial charge >= 0.3 is 0 Å². The van der Waals surface area contributed by atoms with Crippen LogP contribution in [0.4, 0.5) is 8.78 Å². The van der Waals surface area contributed by atoms with Crippen LogP contribution in [0.25, 0.3) is 5.69 Å². The predicted octanol–water partition coefficient (Wildman–Crippen LogP) is 2.15. The van der Waals surface area contributed by atoms with Crippen molar-refractivity contribution >= 4 is 0 Å². The van der Waals surface area contributed by atoms with Gasteiger partial charge in [-0.25, -0.2) is 13.5 Å². The first-order valence-electron chi connectivity index (χ1n) is 3.72. The molecule has 0 unspecified atom stereocenters. The monoisotopic (exact) mass is 180 g/mol. The van der Waals surface area contributed by atoms with Crippen molar-refractivity contribution in [2.24, 2.45) is 0 Å². The zero-order chi connectivity index (χ0) is 9.26. The van der Waals surface area contributed by atoms with Crippen LogP contribution in [0.3, 0.4) is 0 Å². The average Bonchev–Trinajstić information content (AvgIpc) is 2.56.